The maximum absolute atomic E-state index is 12.6. The third-order valence-corrected chi connectivity index (χ3v) is 3.68. The highest BCUT2D eigenvalue weighted by Gasteiger charge is 2.27. The molecule has 1 N–H and O–H groups in total. The number of carbonyl (C=O) groups is 2. The molecule has 4 nitrogen and oxygen atoms in total. The summed E-state index contributed by atoms with van der Waals surface area (Å²) < 4.78 is 0. The minimum atomic E-state index is -0.196. The van der Waals surface area contributed by atoms with Gasteiger partial charge in [0.05, 0.1) is 11.4 Å². The van der Waals surface area contributed by atoms with Crippen LogP contribution in [0, 0.1) is 0 Å². The van der Waals surface area contributed by atoms with Crippen molar-refractivity contribution < 1.29 is 9.59 Å². The van der Waals surface area contributed by atoms with Gasteiger partial charge in [-0.25, -0.2) is 0 Å². The molecule has 0 radical (unpaired) electrons. The number of amides is 2. The van der Waals surface area contributed by atoms with Crippen molar-refractivity contribution in [3.63, 3.8) is 0 Å². The molecule has 0 atom stereocenters. The third-order valence-electron chi connectivity index (χ3n) is 3.37. The van der Waals surface area contributed by atoms with Crippen molar-refractivity contribution in [3.8, 4) is 0 Å². The van der Waals surface area contributed by atoms with Crippen LogP contribution in [0.4, 0.5) is 11.4 Å². The van der Waals surface area contributed by atoms with E-state index in [2.05, 4.69) is 5.32 Å². The second-order valence-corrected chi connectivity index (χ2v) is 5.05. The molecule has 0 saturated carbocycles. The molecule has 2 aromatic carbocycles. The molecule has 3 rings (SSSR count). The molecule has 2 aromatic rings. The first-order valence-electron chi connectivity index (χ1n) is 6.54. The standard InChI is InChI=1S/C16H13ClN2O2/c17-9-11-5-7-12(8-6-11)16(21)19-10-15(20)18-13-3-1-2-4-14(13)19/h1-8H,9-10H2,(H,18,20). The predicted octanol–water partition coefficient (Wildman–Crippen LogP) is 3.02. The van der Waals surface area contributed by atoms with Crippen LogP contribution in [-0.4, -0.2) is 18.4 Å². The predicted molar refractivity (Wildman–Crippen MR) is 82.7 cm³/mol. The van der Waals surface area contributed by atoms with Gasteiger partial charge in [-0.05, 0) is 29.8 Å². The molecule has 0 fully saturated rings. The van der Waals surface area contributed by atoms with Gasteiger partial charge in [0, 0.05) is 11.4 Å². The summed E-state index contributed by atoms with van der Waals surface area (Å²) in [7, 11) is 0. The lowest BCUT2D eigenvalue weighted by molar-refractivity contribution is -0.115. The highest BCUT2D eigenvalue weighted by molar-refractivity contribution is 6.17. The van der Waals surface area contributed by atoms with E-state index in [1.54, 1.807) is 18.2 Å². The van der Waals surface area contributed by atoms with Gasteiger partial charge in [-0.3, -0.25) is 14.5 Å². The van der Waals surface area contributed by atoms with E-state index in [0.29, 0.717) is 22.8 Å². The number of hydrogen-bond donors (Lipinski definition) is 1. The number of halogens is 1. The van der Waals surface area contributed by atoms with Crippen molar-refractivity contribution in [2.75, 3.05) is 16.8 Å². The summed E-state index contributed by atoms with van der Waals surface area (Å²) in [5, 5.41) is 2.76. The first kappa shape index (κ1) is 13.6. The molecule has 0 bridgehead atoms. The minimum absolute atomic E-state index is 0.0209. The summed E-state index contributed by atoms with van der Waals surface area (Å²) in [5.74, 6) is 0.0153. The van der Waals surface area contributed by atoms with Gasteiger partial charge in [0.25, 0.3) is 5.91 Å². The molecule has 0 unspecified atom stereocenters. The molecular weight excluding hydrogens is 288 g/mol. The Hall–Kier alpha value is -2.33. The SMILES string of the molecule is O=C1CN(C(=O)c2ccc(CCl)cc2)c2ccccc2N1. The fraction of sp³-hybridized carbons (Fsp3) is 0.125. The Balaban J connectivity index is 1.95. The Labute approximate surface area is 127 Å². The molecule has 1 heterocycles. The Morgan fingerprint density at radius 1 is 1.14 bits per heavy atom. The Kier molecular flexibility index (Phi) is 3.62. The van der Waals surface area contributed by atoms with Gasteiger partial charge in [0.1, 0.15) is 6.54 Å². The van der Waals surface area contributed by atoms with Crippen LogP contribution < -0.4 is 10.2 Å². The second-order valence-electron chi connectivity index (χ2n) is 4.79. The normalized spacial score (nSPS) is 13.6. The highest BCUT2D eigenvalue weighted by Crippen LogP contribution is 2.30. The van der Waals surface area contributed by atoms with Crippen LogP contribution >= 0.6 is 11.6 Å². The van der Waals surface area contributed by atoms with Crippen LogP contribution in [-0.2, 0) is 10.7 Å². The van der Waals surface area contributed by atoms with Crippen molar-refractivity contribution in [3.05, 3.63) is 59.7 Å². The number of nitrogens with one attached hydrogen (secondary N) is 1. The molecule has 0 aliphatic carbocycles. The Morgan fingerprint density at radius 3 is 2.57 bits per heavy atom. The van der Waals surface area contributed by atoms with Crippen LogP contribution in [0.2, 0.25) is 0 Å². The van der Waals surface area contributed by atoms with Crippen molar-refractivity contribution in [2.45, 2.75) is 5.88 Å². The lowest BCUT2D eigenvalue weighted by Gasteiger charge is -2.29. The van der Waals surface area contributed by atoms with Crippen LogP contribution in [0.3, 0.4) is 0 Å². The molecule has 0 saturated heterocycles. The van der Waals surface area contributed by atoms with Gasteiger partial charge in [-0.1, -0.05) is 24.3 Å². The summed E-state index contributed by atoms with van der Waals surface area (Å²) in [4.78, 5) is 25.9. The molecule has 106 valence electrons. The second kappa shape index (κ2) is 5.58. The lowest BCUT2D eigenvalue weighted by atomic mass is 10.1. The largest absolute Gasteiger partial charge is 0.323 e. The van der Waals surface area contributed by atoms with E-state index in [4.69, 9.17) is 11.6 Å². The van der Waals surface area contributed by atoms with E-state index >= 15 is 0 Å². The van der Waals surface area contributed by atoms with E-state index < -0.39 is 0 Å². The van der Waals surface area contributed by atoms with Crippen molar-refractivity contribution in [1.82, 2.24) is 0 Å². The molecule has 21 heavy (non-hydrogen) atoms. The molecule has 0 spiro atoms. The maximum atomic E-state index is 12.6. The summed E-state index contributed by atoms with van der Waals surface area (Å²) in [6.45, 7) is 0.0209. The topological polar surface area (TPSA) is 49.4 Å². The number of hydrogen-bond acceptors (Lipinski definition) is 2. The number of anilines is 2. The summed E-state index contributed by atoms with van der Waals surface area (Å²) in [5.41, 5.74) is 2.85. The number of rotatable bonds is 2. The maximum Gasteiger partial charge on any atom is 0.258 e. The van der Waals surface area contributed by atoms with Gasteiger partial charge in [0.15, 0.2) is 0 Å². The minimum Gasteiger partial charge on any atom is -0.323 e. The number of carbonyl (C=O) groups excluding carboxylic acids is 2. The molecular formula is C16H13ClN2O2. The van der Waals surface area contributed by atoms with Crippen molar-refractivity contribution in [2.24, 2.45) is 0 Å². The molecule has 0 aromatic heterocycles. The van der Waals surface area contributed by atoms with E-state index in [0.717, 1.165) is 5.56 Å². The zero-order valence-corrected chi connectivity index (χ0v) is 11.9. The third kappa shape index (κ3) is 2.62. The van der Waals surface area contributed by atoms with Crippen LogP contribution in [0.15, 0.2) is 48.5 Å². The van der Waals surface area contributed by atoms with E-state index in [9.17, 15) is 9.59 Å². The van der Waals surface area contributed by atoms with Gasteiger partial charge >= 0.3 is 0 Å². The number of nitrogens with zero attached hydrogens (tertiary/aromatic N) is 1. The van der Waals surface area contributed by atoms with E-state index in [-0.39, 0.29) is 18.4 Å². The van der Waals surface area contributed by atoms with Gasteiger partial charge < -0.3 is 5.32 Å². The lowest BCUT2D eigenvalue weighted by Crippen LogP contribution is -2.42. The van der Waals surface area contributed by atoms with Gasteiger partial charge in [0.2, 0.25) is 5.91 Å². The zero-order chi connectivity index (χ0) is 14.8. The van der Waals surface area contributed by atoms with Gasteiger partial charge in [-0.2, -0.15) is 0 Å². The molecule has 5 heteroatoms. The average molecular weight is 301 g/mol. The first-order valence-corrected chi connectivity index (χ1v) is 7.08. The quantitative estimate of drug-likeness (QED) is 0.867. The fourth-order valence-electron chi connectivity index (χ4n) is 2.31. The Bertz CT molecular complexity index is 698. The molecule has 1 aliphatic heterocycles. The monoisotopic (exact) mass is 300 g/mol. The zero-order valence-electron chi connectivity index (χ0n) is 11.2. The molecule has 2 amide bonds. The Morgan fingerprint density at radius 2 is 1.86 bits per heavy atom. The smallest absolute Gasteiger partial charge is 0.258 e. The van der Waals surface area contributed by atoms with Crippen molar-refractivity contribution >= 4 is 34.8 Å². The molecule has 1 aliphatic rings. The number of alkyl halides is 1. The summed E-state index contributed by atoms with van der Waals surface area (Å²) in [6, 6.07) is 14.4. The summed E-state index contributed by atoms with van der Waals surface area (Å²) >= 11 is 5.75. The number of para-hydroxylation sites is 2. The van der Waals surface area contributed by atoms with Crippen LogP contribution in [0.5, 0.6) is 0 Å². The fourth-order valence-corrected chi connectivity index (χ4v) is 2.48. The first-order chi connectivity index (χ1) is 10.2. The average Bonchev–Trinajstić information content (AvgIpc) is 2.53. The van der Waals surface area contributed by atoms with E-state index in [1.807, 2.05) is 30.3 Å². The van der Waals surface area contributed by atoms with Gasteiger partial charge in [-0.15, -0.1) is 11.6 Å². The van der Waals surface area contributed by atoms with E-state index in [1.165, 1.54) is 4.90 Å². The number of fused-ring (bicyclic) bond motifs is 1. The van der Waals surface area contributed by atoms with Crippen LogP contribution in [0.25, 0.3) is 0 Å². The summed E-state index contributed by atoms with van der Waals surface area (Å²) in [6.07, 6.45) is 0. The number of benzene rings is 2. The highest BCUT2D eigenvalue weighted by atomic mass is 35.5. The van der Waals surface area contributed by atoms with Crippen molar-refractivity contribution in [1.29, 1.82) is 0 Å². The van der Waals surface area contributed by atoms with Crippen LogP contribution in [0.1, 0.15) is 15.9 Å².